The van der Waals surface area contributed by atoms with Crippen LogP contribution in [0.15, 0.2) is 34.9 Å². The van der Waals surface area contributed by atoms with E-state index in [-0.39, 0.29) is 18.7 Å². The van der Waals surface area contributed by atoms with Crippen LogP contribution in [0.2, 0.25) is 0 Å². The maximum Gasteiger partial charge on any atom is 0.317 e. The molecule has 1 aromatic carbocycles. The molecule has 2 amide bonds. The van der Waals surface area contributed by atoms with Crippen LogP contribution < -0.4 is 5.32 Å². The van der Waals surface area contributed by atoms with Gasteiger partial charge in [-0.3, -0.25) is 0 Å². The topological polar surface area (TPSA) is 80.5 Å². The first kappa shape index (κ1) is 17.4. The molecule has 2 aromatic rings. The summed E-state index contributed by atoms with van der Waals surface area (Å²) in [4.78, 5) is 18.4. The summed E-state index contributed by atoms with van der Waals surface area (Å²) in [5, 5.41) is 6.82. The van der Waals surface area contributed by atoms with Gasteiger partial charge in [0.15, 0.2) is 5.82 Å². The summed E-state index contributed by atoms with van der Waals surface area (Å²) < 4.78 is 11.0. The summed E-state index contributed by atoms with van der Waals surface area (Å²) >= 11 is 0. The number of nitrogens with zero attached hydrogens (tertiary/aromatic N) is 3. The number of hydrogen-bond donors (Lipinski definition) is 1. The van der Waals surface area contributed by atoms with Crippen LogP contribution >= 0.6 is 0 Å². The first-order chi connectivity index (χ1) is 12.2. The van der Waals surface area contributed by atoms with Crippen molar-refractivity contribution in [3.63, 3.8) is 0 Å². The fraction of sp³-hybridized carbons (Fsp3) is 0.500. The van der Waals surface area contributed by atoms with Crippen molar-refractivity contribution in [3.8, 4) is 0 Å². The highest BCUT2D eigenvalue weighted by atomic mass is 16.5. The third kappa shape index (κ3) is 5.03. The molecule has 134 valence electrons. The maximum atomic E-state index is 12.4. The van der Waals surface area contributed by atoms with Gasteiger partial charge in [-0.25, -0.2) is 4.79 Å². The molecule has 7 heteroatoms. The van der Waals surface area contributed by atoms with Crippen molar-refractivity contribution in [2.75, 3.05) is 13.1 Å². The summed E-state index contributed by atoms with van der Waals surface area (Å²) in [6.45, 7) is 4.12. The Kier molecular flexibility index (Phi) is 6.00. The summed E-state index contributed by atoms with van der Waals surface area (Å²) in [7, 11) is 0. The molecule has 1 fully saturated rings. The summed E-state index contributed by atoms with van der Waals surface area (Å²) in [5.41, 5.74) is 1.09. The molecule has 0 bridgehead atoms. The minimum atomic E-state index is -0.0526. The van der Waals surface area contributed by atoms with Gasteiger partial charge in [0.05, 0.1) is 6.10 Å². The van der Waals surface area contributed by atoms with E-state index in [9.17, 15) is 4.79 Å². The molecule has 0 spiro atoms. The number of carbonyl (C=O) groups excluding carboxylic acids is 1. The number of piperidine rings is 1. The number of aryl methyl sites for hydroxylation is 1. The van der Waals surface area contributed by atoms with Crippen LogP contribution in [0.25, 0.3) is 0 Å². The monoisotopic (exact) mass is 344 g/mol. The van der Waals surface area contributed by atoms with E-state index in [0.29, 0.717) is 24.8 Å². The van der Waals surface area contributed by atoms with E-state index in [2.05, 4.69) is 15.5 Å². The van der Waals surface area contributed by atoms with Crippen LogP contribution in [0.1, 0.15) is 37.0 Å². The van der Waals surface area contributed by atoms with Gasteiger partial charge in [-0.15, -0.1) is 0 Å². The Labute approximate surface area is 147 Å². The summed E-state index contributed by atoms with van der Waals surface area (Å²) in [5.74, 6) is 1.17. The largest absolute Gasteiger partial charge is 0.367 e. The lowest BCUT2D eigenvalue weighted by atomic mass is 10.1. The minimum Gasteiger partial charge on any atom is -0.367 e. The zero-order chi connectivity index (χ0) is 17.5. The summed E-state index contributed by atoms with van der Waals surface area (Å²) in [6.07, 6.45) is 2.58. The molecule has 1 saturated heterocycles. The lowest BCUT2D eigenvalue weighted by Gasteiger charge is -2.32. The van der Waals surface area contributed by atoms with Gasteiger partial charge < -0.3 is 19.5 Å². The smallest absolute Gasteiger partial charge is 0.317 e. The Morgan fingerprint density at radius 1 is 1.40 bits per heavy atom. The standard InChI is InChI=1S/C18H24N4O3/c1-2-16-20-17(25-21-16)13-24-15-9-6-10-22(12-15)18(23)19-11-14-7-4-3-5-8-14/h3-5,7-8,15H,2,6,9-13H2,1H3,(H,19,23)/t15-/m0/s1. The van der Waals surface area contributed by atoms with Crippen molar-refractivity contribution < 1.29 is 14.1 Å². The van der Waals surface area contributed by atoms with Gasteiger partial charge in [0.2, 0.25) is 0 Å². The van der Waals surface area contributed by atoms with Crippen molar-refractivity contribution in [1.82, 2.24) is 20.4 Å². The van der Waals surface area contributed by atoms with Gasteiger partial charge in [0, 0.05) is 26.1 Å². The van der Waals surface area contributed by atoms with E-state index in [0.717, 1.165) is 31.4 Å². The molecule has 1 atom stereocenters. The number of likely N-dealkylation sites (tertiary alicyclic amines) is 1. The SMILES string of the molecule is CCc1noc(CO[C@H]2CCCN(C(=O)NCc3ccccc3)C2)n1. The van der Waals surface area contributed by atoms with E-state index in [1.54, 1.807) is 0 Å². The van der Waals surface area contributed by atoms with Crippen molar-refractivity contribution in [1.29, 1.82) is 0 Å². The van der Waals surface area contributed by atoms with Crippen LogP contribution in [0.5, 0.6) is 0 Å². The Hall–Kier alpha value is -2.41. The van der Waals surface area contributed by atoms with Crippen molar-refractivity contribution in [2.24, 2.45) is 0 Å². The van der Waals surface area contributed by atoms with Crippen molar-refractivity contribution in [2.45, 2.75) is 45.4 Å². The van der Waals surface area contributed by atoms with Gasteiger partial charge in [0.1, 0.15) is 6.61 Å². The van der Waals surface area contributed by atoms with Crippen molar-refractivity contribution in [3.05, 3.63) is 47.6 Å². The fourth-order valence-electron chi connectivity index (χ4n) is 2.83. The highest BCUT2D eigenvalue weighted by Gasteiger charge is 2.24. The predicted molar refractivity (Wildman–Crippen MR) is 91.7 cm³/mol. The van der Waals surface area contributed by atoms with E-state index in [1.807, 2.05) is 42.2 Å². The number of carbonyl (C=O) groups is 1. The molecule has 1 N–H and O–H groups in total. The fourth-order valence-corrected chi connectivity index (χ4v) is 2.83. The van der Waals surface area contributed by atoms with Crippen LogP contribution in [0, 0.1) is 0 Å². The number of ether oxygens (including phenoxy) is 1. The minimum absolute atomic E-state index is 0.00629. The average Bonchev–Trinajstić information content (AvgIpc) is 3.14. The Balaban J connectivity index is 1.44. The van der Waals surface area contributed by atoms with E-state index < -0.39 is 0 Å². The Bertz CT molecular complexity index is 674. The maximum absolute atomic E-state index is 12.4. The number of hydrogen-bond acceptors (Lipinski definition) is 5. The molecule has 0 radical (unpaired) electrons. The third-order valence-electron chi connectivity index (χ3n) is 4.22. The molecule has 0 saturated carbocycles. The third-order valence-corrected chi connectivity index (χ3v) is 4.22. The first-order valence-electron chi connectivity index (χ1n) is 8.74. The Morgan fingerprint density at radius 3 is 3.00 bits per heavy atom. The number of nitrogens with one attached hydrogen (secondary N) is 1. The van der Waals surface area contributed by atoms with Crippen LogP contribution in [-0.4, -0.2) is 40.3 Å². The van der Waals surface area contributed by atoms with Crippen LogP contribution in [0.3, 0.4) is 0 Å². The normalized spacial score (nSPS) is 17.5. The zero-order valence-electron chi connectivity index (χ0n) is 14.5. The lowest BCUT2D eigenvalue weighted by molar-refractivity contribution is -0.0103. The quantitative estimate of drug-likeness (QED) is 0.871. The van der Waals surface area contributed by atoms with Gasteiger partial charge in [-0.2, -0.15) is 4.98 Å². The molecule has 0 unspecified atom stereocenters. The van der Waals surface area contributed by atoms with E-state index in [4.69, 9.17) is 9.26 Å². The van der Waals surface area contributed by atoms with Crippen LogP contribution in [0.4, 0.5) is 4.79 Å². The van der Waals surface area contributed by atoms with E-state index >= 15 is 0 Å². The van der Waals surface area contributed by atoms with Gasteiger partial charge in [0.25, 0.3) is 5.89 Å². The second-order valence-corrected chi connectivity index (χ2v) is 6.12. The number of rotatable bonds is 6. The molecule has 3 rings (SSSR count). The van der Waals surface area contributed by atoms with Crippen molar-refractivity contribution >= 4 is 6.03 Å². The molecular formula is C18H24N4O3. The number of amides is 2. The number of urea groups is 1. The van der Waals surface area contributed by atoms with Gasteiger partial charge >= 0.3 is 6.03 Å². The average molecular weight is 344 g/mol. The molecule has 0 aliphatic carbocycles. The summed E-state index contributed by atoms with van der Waals surface area (Å²) in [6, 6.07) is 9.84. The van der Waals surface area contributed by atoms with Crippen LogP contribution in [-0.2, 0) is 24.3 Å². The van der Waals surface area contributed by atoms with Gasteiger partial charge in [-0.1, -0.05) is 42.4 Å². The molecule has 1 aromatic heterocycles. The lowest BCUT2D eigenvalue weighted by Crippen LogP contribution is -2.47. The Morgan fingerprint density at radius 2 is 2.24 bits per heavy atom. The van der Waals surface area contributed by atoms with Gasteiger partial charge in [-0.05, 0) is 18.4 Å². The molecular weight excluding hydrogens is 320 g/mol. The molecule has 2 heterocycles. The molecule has 1 aliphatic rings. The molecule has 1 aliphatic heterocycles. The molecule has 25 heavy (non-hydrogen) atoms. The zero-order valence-corrected chi connectivity index (χ0v) is 14.5. The number of aromatic nitrogens is 2. The molecule has 7 nitrogen and oxygen atoms in total. The number of benzene rings is 1. The van der Waals surface area contributed by atoms with E-state index in [1.165, 1.54) is 0 Å². The first-order valence-corrected chi connectivity index (χ1v) is 8.74. The highest BCUT2D eigenvalue weighted by molar-refractivity contribution is 5.74. The predicted octanol–water partition coefficient (Wildman–Crippen LogP) is 2.52. The second kappa shape index (κ2) is 8.62. The second-order valence-electron chi connectivity index (χ2n) is 6.12. The highest BCUT2D eigenvalue weighted by Crippen LogP contribution is 2.15.